The lowest BCUT2D eigenvalue weighted by Gasteiger charge is -2.18. The Morgan fingerprint density at radius 2 is 1.59 bits per heavy atom. The standard InChI is InChI=1S/C18H21NO3/c1-4-21-16-11-9-15(10-12-16)19(3)18(20)14-7-6-8-17(13-14)22-5-2/h6-13H,4-5H2,1-3H3. The number of carbonyl (C=O) groups excluding carboxylic acids is 1. The van der Waals surface area contributed by atoms with Crippen LogP contribution in [0.2, 0.25) is 0 Å². The third kappa shape index (κ3) is 3.79. The van der Waals surface area contributed by atoms with Crippen LogP contribution in [0.15, 0.2) is 48.5 Å². The Bertz CT molecular complexity index is 622. The van der Waals surface area contributed by atoms with Gasteiger partial charge in [0.2, 0.25) is 0 Å². The molecule has 0 fully saturated rings. The maximum atomic E-state index is 12.6. The summed E-state index contributed by atoms with van der Waals surface area (Å²) in [4.78, 5) is 14.2. The minimum Gasteiger partial charge on any atom is -0.494 e. The second kappa shape index (κ2) is 7.50. The number of benzene rings is 2. The van der Waals surface area contributed by atoms with Gasteiger partial charge in [0.15, 0.2) is 0 Å². The largest absolute Gasteiger partial charge is 0.494 e. The minimum absolute atomic E-state index is 0.0780. The second-order valence-electron chi connectivity index (χ2n) is 4.75. The highest BCUT2D eigenvalue weighted by Gasteiger charge is 2.14. The molecule has 0 saturated carbocycles. The van der Waals surface area contributed by atoms with E-state index in [0.29, 0.717) is 24.5 Å². The van der Waals surface area contributed by atoms with Crippen molar-refractivity contribution in [3.63, 3.8) is 0 Å². The van der Waals surface area contributed by atoms with Crippen LogP contribution in [0, 0.1) is 0 Å². The first kappa shape index (κ1) is 15.9. The smallest absolute Gasteiger partial charge is 0.258 e. The summed E-state index contributed by atoms with van der Waals surface area (Å²) in [6.45, 7) is 5.06. The molecule has 0 radical (unpaired) electrons. The van der Waals surface area contributed by atoms with Gasteiger partial charge in [-0.2, -0.15) is 0 Å². The van der Waals surface area contributed by atoms with E-state index < -0.39 is 0 Å². The van der Waals surface area contributed by atoms with Crippen LogP contribution in [0.25, 0.3) is 0 Å². The summed E-state index contributed by atoms with van der Waals surface area (Å²) in [6, 6.07) is 14.7. The molecule has 0 aliphatic heterocycles. The normalized spacial score (nSPS) is 10.1. The number of hydrogen-bond acceptors (Lipinski definition) is 3. The number of amides is 1. The molecule has 0 unspecified atom stereocenters. The number of nitrogens with zero attached hydrogens (tertiary/aromatic N) is 1. The van der Waals surface area contributed by atoms with Crippen molar-refractivity contribution in [3.8, 4) is 11.5 Å². The fourth-order valence-corrected chi connectivity index (χ4v) is 2.13. The predicted molar refractivity (Wildman–Crippen MR) is 88.0 cm³/mol. The maximum absolute atomic E-state index is 12.6. The van der Waals surface area contributed by atoms with Crippen LogP contribution >= 0.6 is 0 Å². The summed E-state index contributed by atoms with van der Waals surface area (Å²) in [5, 5.41) is 0. The Morgan fingerprint density at radius 3 is 2.23 bits per heavy atom. The van der Waals surface area contributed by atoms with E-state index in [-0.39, 0.29) is 5.91 Å². The molecule has 0 aliphatic carbocycles. The molecule has 2 aromatic rings. The monoisotopic (exact) mass is 299 g/mol. The summed E-state index contributed by atoms with van der Waals surface area (Å²) in [5.41, 5.74) is 1.41. The van der Waals surface area contributed by atoms with Gasteiger partial charge in [-0.05, 0) is 56.3 Å². The van der Waals surface area contributed by atoms with Crippen molar-refractivity contribution in [1.29, 1.82) is 0 Å². The van der Waals surface area contributed by atoms with Crippen LogP contribution in [0.3, 0.4) is 0 Å². The molecule has 0 aromatic heterocycles. The molecule has 22 heavy (non-hydrogen) atoms. The number of rotatable bonds is 6. The first-order chi connectivity index (χ1) is 10.7. The van der Waals surface area contributed by atoms with Crippen molar-refractivity contribution in [2.24, 2.45) is 0 Å². The molecule has 0 bridgehead atoms. The Balaban J connectivity index is 2.15. The zero-order chi connectivity index (χ0) is 15.9. The molecular weight excluding hydrogens is 278 g/mol. The van der Waals surface area contributed by atoms with Gasteiger partial charge in [0.1, 0.15) is 11.5 Å². The van der Waals surface area contributed by atoms with Gasteiger partial charge in [-0.15, -0.1) is 0 Å². The van der Waals surface area contributed by atoms with Crippen LogP contribution in [0.1, 0.15) is 24.2 Å². The van der Waals surface area contributed by atoms with Crippen molar-refractivity contribution in [3.05, 3.63) is 54.1 Å². The minimum atomic E-state index is -0.0780. The Hall–Kier alpha value is -2.49. The molecule has 0 atom stereocenters. The van der Waals surface area contributed by atoms with Gasteiger partial charge in [0, 0.05) is 18.3 Å². The van der Waals surface area contributed by atoms with E-state index in [9.17, 15) is 4.79 Å². The molecular formula is C18H21NO3. The highest BCUT2D eigenvalue weighted by molar-refractivity contribution is 6.05. The van der Waals surface area contributed by atoms with Crippen LogP contribution < -0.4 is 14.4 Å². The van der Waals surface area contributed by atoms with Crippen molar-refractivity contribution in [1.82, 2.24) is 0 Å². The molecule has 1 amide bonds. The average molecular weight is 299 g/mol. The van der Waals surface area contributed by atoms with E-state index in [4.69, 9.17) is 9.47 Å². The average Bonchev–Trinajstić information content (AvgIpc) is 2.55. The summed E-state index contributed by atoms with van der Waals surface area (Å²) < 4.78 is 10.8. The Kier molecular flexibility index (Phi) is 5.42. The SMILES string of the molecule is CCOc1ccc(N(C)C(=O)c2cccc(OCC)c2)cc1. The van der Waals surface area contributed by atoms with Crippen LogP contribution in [0.4, 0.5) is 5.69 Å². The third-order valence-corrected chi connectivity index (χ3v) is 3.23. The van der Waals surface area contributed by atoms with Crippen LogP contribution in [-0.4, -0.2) is 26.2 Å². The molecule has 0 heterocycles. The fourth-order valence-electron chi connectivity index (χ4n) is 2.13. The third-order valence-electron chi connectivity index (χ3n) is 3.23. The number of anilines is 1. The molecule has 0 spiro atoms. The van der Waals surface area contributed by atoms with Gasteiger partial charge in [-0.25, -0.2) is 0 Å². The van der Waals surface area contributed by atoms with Gasteiger partial charge in [0.25, 0.3) is 5.91 Å². The van der Waals surface area contributed by atoms with Gasteiger partial charge >= 0.3 is 0 Å². The summed E-state index contributed by atoms with van der Waals surface area (Å²) in [7, 11) is 1.76. The molecule has 0 saturated heterocycles. The maximum Gasteiger partial charge on any atom is 0.258 e. The van der Waals surface area contributed by atoms with Gasteiger partial charge in [0.05, 0.1) is 13.2 Å². The van der Waals surface area contributed by atoms with Crippen LogP contribution in [0.5, 0.6) is 11.5 Å². The van der Waals surface area contributed by atoms with Crippen molar-refractivity contribution >= 4 is 11.6 Å². The molecule has 116 valence electrons. The molecule has 4 heteroatoms. The summed E-state index contributed by atoms with van der Waals surface area (Å²) >= 11 is 0. The zero-order valence-electron chi connectivity index (χ0n) is 13.2. The highest BCUT2D eigenvalue weighted by Crippen LogP contribution is 2.21. The highest BCUT2D eigenvalue weighted by atomic mass is 16.5. The van der Waals surface area contributed by atoms with E-state index in [2.05, 4.69) is 0 Å². The van der Waals surface area contributed by atoms with Gasteiger partial charge in [-0.1, -0.05) is 6.07 Å². The molecule has 0 aliphatic rings. The Labute approximate surface area is 131 Å². The van der Waals surface area contributed by atoms with E-state index in [1.807, 2.05) is 50.2 Å². The van der Waals surface area contributed by atoms with Gasteiger partial charge in [-0.3, -0.25) is 4.79 Å². The molecule has 0 N–H and O–H groups in total. The first-order valence-corrected chi connectivity index (χ1v) is 7.39. The summed E-state index contributed by atoms with van der Waals surface area (Å²) in [6.07, 6.45) is 0. The lowest BCUT2D eigenvalue weighted by atomic mass is 10.1. The van der Waals surface area contributed by atoms with E-state index in [0.717, 1.165) is 11.4 Å². The number of ether oxygens (including phenoxy) is 2. The van der Waals surface area contributed by atoms with Crippen molar-refractivity contribution < 1.29 is 14.3 Å². The molecule has 4 nitrogen and oxygen atoms in total. The Morgan fingerprint density at radius 1 is 0.955 bits per heavy atom. The molecule has 2 aromatic carbocycles. The first-order valence-electron chi connectivity index (χ1n) is 7.39. The van der Waals surface area contributed by atoms with E-state index in [1.165, 1.54) is 0 Å². The van der Waals surface area contributed by atoms with E-state index >= 15 is 0 Å². The zero-order valence-corrected chi connectivity index (χ0v) is 13.2. The topological polar surface area (TPSA) is 38.8 Å². The predicted octanol–water partition coefficient (Wildman–Crippen LogP) is 3.76. The lowest BCUT2D eigenvalue weighted by Crippen LogP contribution is -2.26. The van der Waals surface area contributed by atoms with Crippen molar-refractivity contribution in [2.45, 2.75) is 13.8 Å². The summed E-state index contributed by atoms with van der Waals surface area (Å²) in [5.74, 6) is 1.42. The second-order valence-corrected chi connectivity index (χ2v) is 4.75. The quantitative estimate of drug-likeness (QED) is 0.815. The molecule has 2 rings (SSSR count). The van der Waals surface area contributed by atoms with Gasteiger partial charge < -0.3 is 14.4 Å². The number of carbonyl (C=O) groups is 1. The fraction of sp³-hybridized carbons (Fsp3) is 0.278. The lowest BCUT2D eigenvalue weighted by molar-refractivity contribution is 0.0992. The van der Waals surface area contributed by atoms with Crippen LogP contribution in [-0.2, 0) is 0 Å². The van der Waals surface area contributed by atoms with E-state index in [1.54, 1.807) is 24.1 Å². The number of hydrogen-bond donors (Lipinski definition) is 0. The van der Waals surface area contributed by atoms with Crippen molar-refractivity contribution in [2.75, 3.05) is 25.2 Å².